The number of nitrogens with zero attached hydrogens (tertiary/aromatic N) is 3. The average molecular weight is 271 g/mol. The molecule has 1 aromatic heterocycles. The molecule has 0 aliphatic carbocycles. The first-order chi connectivity index (χ1) is 9.78. The first-order valence-corrected chi connectivity index (χ1v) is 6.59. The number of benzene rings is 1. The molecule has 1 aromatic carbocycles. The minimum Gasteiger partial charge on any atom is -0.491 e. The van der Waals surface area contributed by atoms with Crippen LogP contribution >= 0.6 is 0 Å². The lowest BCUT2D eigenvalue weighted by molar-refractivity contribution is 0.322. The van der Waals surface area contributed by atoms with Crippen molar-refractivity contribution in [2.24, 2.45) is 5.84 Å². The molecule has 1 aliphatic heterocycles. The van der Waals surface area contributed by atoms with Crippen molar-refractivity contribution in [2.75, 3.05) is 23.5 Å². The van der Waals surface area contributed by atoms with Gasteiger partial charge in [-0.15, -0.1) is 0 Å². The minimum atomic E-state index is 0.607. The van der Waals surface area contributed by atoms with Crippen molar-refractivity contribution in [2.45, 2.75) is 13.3 Å². The van der Waals surface area contributed by atoms with Gasteiger partial charge in [0.05, 0.1) is 12.3 Å². The largest absolute Gasteiger partial charge is 0.491 e. The van der Waals surface area contributed by atoms with E-state index in [9.17, 15) is 0 Å². The molecule has 6 heteroatoms. The summed E-state index contributed by atoms with van der Waals surface area (Å²) in [6, 6.07) is 9.82. The van der Waals surface area contributed by atoms with Crippen LogP contribution in [0.5, 0.6) is 5.75 Å². The maximum atomic E-state index is 5.76. The number of ether oxygens (including phenoxy) is 1. The van der Waals surface area contributed by atoms with Gasteiger partial charge in [0, 0.05) is 12.6 Å². The van der Waals surface area contributed by atoms with Crippen LogP contribution in [0.2, 0.25) is 0 Å². The van der Waals surface area contributed by atoms with Crippen LogP contribution in [-0.2, 0) is 0 Å². The van der Waals surface area contributed by atoms with Gasteiger partial charge in [0.15, 0.2) is 0 Å². The van der Waals surface area contributed by atoms with E-state index in [1.54, 1.807) is 0 Å². The molecule has 3 N–H and O–H groups in total. The molecule has 2 heterocycles. The number of anilines is 3. The summed E-state index contributed by atoms with van der Waals surface area (Å²) in [5, 5.41) is 0. The molecule has 0 amide bonds. The van der Waals surface area contributed by atoms with Crippen LogP contribution in [0.25, 0.3) is 0 Å². The van der Waals surface area contributed by atoms with Crippen LogP contribution in [0.3, 0.4) is 0 Å². The zero-order valence-electron chi connectivity index (χ0n) is 11.3. The number of nitrogen functional groups attached to an aromatic ring is 1. The zero-order chi connectivity index (χ0) is 13.9. The smallest absolute Gasteiger partial charge is 0.145 e. The maximum absolute atomic E-state index is 5.76. The summed E-state index contributed by atoms with van der Waals surface area (Å²) in [6.07, 6.45) is 0.934. The molecule has 0 fully saturated rings. The van der Waals surface area contributed by atoms with E-state index < -0.39 is 0 Å². The highest BCUT2D eigenvalue weighted by molar-refractivity contribution is 5.68. The zero-order valence-corrected chi connectivity index (χ0v) is 11.3. The first-order valence-electron chi connectivity index (χ1n) is 6.59. The molecule has 0 spiro atoms. The lowest BCUT2D eigenvalue weighted by Gasteiger charge is -2.23. The second-order valence-corrected chi connectivity index (χ2v) is 4.62. The van der Waals surface area contributed by atoms with Gasteiger partial charge in [0.2, 0.25) is 0 Å². The summed E-state index contributed by atoms with van der Waals surface area (Å²) in [5.41, 5.74) is 3.60. The normalized spacial score (nSPS) is 14.2. The van der Waals surface area contributed by atoms with Crippen molar-refractivity contribution in [1.29, 1.82) is 0 Å². The second kappa shape index (κ2) is 5.34. The van der Waals surface area contributed by atoms with Crippen LogP contribution in [0.4, 0.5) is 17.3 Å². The Balaban J connectivity index is 2.07. The highest BCUT2D eigenvalue weighted by atomic mass is 16.5. The first kappa shape index (κ1) is 12.7. The van der Waals surface area contributed by atoms with Gasteiger partial charge in [-0.25, -0.2) is 15.8 Å². The average Bonchev–Trinajstić information content (AvgIpc) is 2.69. The minimum absolute atomic E-state index is 0.607. The molecule has 1 aliphatic rings. The molecule has 0 radical (unpaired) electrons. The van der Waals surface area contributed by atoms with Gasteiger partial charge in [-0.3, -0.25) is 0 Å². The number of hydrogen-bond donors (Lipinski definition) is 2. The van der Waals surface area contributed by atoms with E-state index in [-0.39, 0.29) is 0 Å². The van der Waals surface area contributed by atoms with Gasteiger partial charge in [-0.05, 0) is 25.5 Å². The summed E-state index contributed by atoms with van der Waals surface area (Å²) in [6.45, 7) is 3.40. The quantitative estimate of drug-likeness (QED) is 0.642. The highest BCUT2D eigenvalue weighted by Crippen LogP contribution is 2.35. The number of nitrogens with two attached hydrogens (primary N) is 1. The number of nitrogens with one attached hydrogen (secondary N) is 1. The molecular formula is C14H17N5O. The molecule has 0 unspecified atom stereocenters. The highest BCUT2D eigenvalue weighted by Gasteiger charge is 2.19. The summed E-state index contributed by atoms with van der Waals surface area (Å²) >= 11 is 0. The Kier molecular flexibility index (Phi) is 3.39. The van der Waals surface area contributed by atoms with E-state index in [1.807, 2.05) is 37.3 Å². The lowest BCUT2D eigenvalue weighted by Crippen LogP contribution is -2.20. The fourth-order valence-electron chi connectivity index (χ4n) is 2.33. The van der Waals surface area contributed by atoms with Gasteiger partial charge in [-0.1, -0.05) is 12.1 Å². The molecule has 20 heavy (non-hydrogen) atoms. The summed E-state index contributed by atoms with van der Waals surface area (Å²) in [4.78, 5) is 10.9. The molecule has 2 aromatic rings. The summed E-state index contributed by atoms with van der Waals surface area (Å²) in [7, 11) is 0. The van der Waals surface area contributed by atoms with Gasteiger partial charge >= 0.3 is 0 Å². The Hall–Kier alpha value is -2.34. The maximum Gasteiger partial charge on any atom is 0.145 e. The fraction of sp³-hybridized carbons (Fsp3) is 0.286. The van der Waals surface area contributed by atoms with E-state index in [0.717, 1.165) is 30.2 Å². The van der Waals surface area contributed by atoms with Gasteiger partial charge < -0.3 is 15.1 Å². The number of rotatable bonds is 2. The Labute approximate surface area is 117 Å². The molecule has 0 bridgehead atoms. The van der Waals surface area contributed by atoms with E-state index >= 15 is 0 Å². The number of hydrogen-bond acceptors (Lipinski definition) is 6. The molecule has 6 nitrogen and oxygen atoms in total. The predicted molar refractivity (Wildman–Crippen MR) is 78.1 cm³/mol. The third-order valence-electron chi connectivity index (χ3n) is 3.19. The second-order valence-electron chi connectivity index (χ2n) is 4.62. The number of fused-ring (bicyclic) bond motifs is 1. The lowest BCUT2D eigenvalue weighted by atomic mass is 10.2. The van der Waals surface area contributed by atoms with Crippen LogP contribution in [0.15, 0.2) is 30.3 Å². The van der Waals surface area contributed by atoms with Crippen molar-refractivity contribution < 1.29 is 4.74 Å². The Bertz CT molecular complexity index is 616. The van der Waals surface area contributed by atoms with Gasteiger partial charge in [0.1, 0.15) is 23.2 Å². The number of hydrazine groups is 1. The summed E-state index contributed by atoms with van der Waals surface area (Å²) in [5.74, 6) is 8.45. The number of para-hydroxylation sites is 2. The standard InChI is InChI=1S/C14H17N5O/c1-10-16-13(18-15)9-14(17-10)19-7-4-8-20-12-6-3-2-5-11(12)19/h2-3,5-6,9H,4,7-8,15H2,1H3,(H,16,17,18). The van der Waals surface area contributed by atoms with Crippen molar-refractivity contribution in [3.63, 3.8) is 0 Å². The van der Waals surface area contributed by atoms with Crippen LogP contribution in [-0.4, -0.2) is 23.1 Å². The van der Waals surface area contributed by atoms with Gasteiger partial charge in [-0.2, -0.15) is 0 Å². The Morgan fingerprint density at radius 3 is 3.00 bits per heavy atom. The van der Waals surface area contributed by atoms with Crippen molar-refractivity contribution >= 4 is 17.3 Å². The van der Waals surface area contributed by atoms with Crippen LogP contribution in [0, 0.1) is 6.92 Å². The Morgan fingerprint density at radius 1 is 1.30 bits per heavy atom. The van der Waals surface area contributed by atoms with Crippen LogP contribution < -0.4 is 20.9 Å². The third-order valence-corrected chi connectivity index (χ3v) is 3.19. The van der Waals surface area contributed by atoms with Crippen molar-refractivity contribution in [1.82, 2.24) is 9.97 Å². The fourth-order valence-corrected chi connectivity index (χ4v) is 2.33. The summed E-state index contributed by atoms with van der Waals surface area (Å²) < 4.78 is 5.76. The number of aryl methyl sites for hydroxylation is 1. The molecular weight excluding hydrogens is 254 g/mol. The third kappa shape index (κ3) is 2.37. The number of aromatic nitrogens is 2. The van der Waals surface area contributed by atoms with E-state index in [0.29, 0.717) is 18.2 Å². The monoisotopic (exact) mass is 271 g/mol. The Morgan fingerprint density at radius 2 is 2.15 bits per heavy atom. The molecule has 3 rings (SSSR count). The van der Waals surface area contributed by atoms with Gasteiger partial charge in [0.25, 0.3) is 0 Å². The van der Waals surface area contributed by atoms with E-state index in [4.69, 9.17) is 10.6 Å². The molecule has 0 saturated carbocycles. The SMILES string of the molecule is Cc1nc(NN)cc(N2CCCOc3ccccc32)n1. The molecule has 0 saturated heterocycles. The van der Waals surface area contributed by atoms with Crippen molar-refractivity contribution in [3.05, 3.63) is 36.2 Å². The van der Waals surface area contributed by atoms with E-state index in [2.05, 4.69) is 20.3 Å². The van der Waals surface area contributed by atoms with Crippen molar-refractivity contribution in [3.8, 4) is 5.75 Å². The topological polar surface area (TPSA) is 76.3 Å². The predicted octanol–water partition coefficient (Wildman–Crippen LogP) is 1.99. The molecule has 104 valence electrons. The van der Waals surface area contributed by atoms with Crippen LogP contribution in [0.1, 0.15) is 12.2 Å². The van der Waals surface area contributed by atoms with E-state index in [1.165, 1.54) is 0 Å². The molecule has 0 atom stereocenters.